The van der Waals surface area contributed by atoms with E-state index in [0.717, 1.165) is 16.7 Å². The van der Waals surface area contributed by atoms with Crippen LogP contribution in [0.15, 0.2) is 77.7 Å². The van der Waals surface area contributed by atoms with E-state index in [1.807, 2.05) is 55.5 Å². The molecule has 0 aliphatic rings. The third-order valence-electron chi connectivity index (χ3n) is 4.59. The largest absolute Gasteiger partial charge is 0.351 e. The van der Waals surface area contributed by atoms with Gasteiger partial charge in [0.15, 0.2) is 0 Å². The number of hydrogen-bond donors (Lipinski definition) is 2. The van der Waals surface area contributed by atoms with Gasteiger partial charge in [-0.2, -0.15) is 0 Å². The molecule has 0 fully saturated rings. The van der Waals surface area contributed by atoms with E-state index in [0.29, 0.717) is 11.1 Å². The van der Waals surface area contributed by atoms with Crippen molar-refractivity contribution in [2.45, 2.75) is 18.7 Å². The van der Waals surface area contributed by atoms with Gasteiger partial charge in [0, 0.05) is 18.7 Å². The van der Waals surface area contributed by atoms with Gasteiger partial charge in [-0.3, -0.25) is 4.79 Å². The van der Waals surface area contributed by atoms with Crippen molar-refractivity contribution in [2.75, 3.05) is 13.1 Å². The maximum absolute atomic E-state index is 12.5. The van der Waals surface area contributed by atoms with Crippen molar-refractivity contribution in [1.82, 2.24) is 10.0 Å². The Morgan fingerprint density at radius 3 is 2.17 bits per heavy atom. The lowest BCUT2D eigenvalue weighted by atomic mass is 10.0. The van der Waals surface area contributed by atoms with Crippen molar-refractivity contribution in [3.05, 3.63) is 89.5 Å². The number of sulfonamides is 1. The SMILES string of the molecule is Cc1ccc(C)c(S(=O)(=O)NCCNC(=O)c2ccc(-c3ccccc3)cc2)c1. The maximum Gasteiger partial charge on any atom is 0.251 e. The highest BCUT2D eigenvalue weighted by atomic mass is 32.2. The van der Waals surface area contributed by atoms with Crippen LogP contribution >= 0.6 is 0 Å². The zero-order valence-corrected chi connectivity index (χ0v) is 17.3. The molecule has 0 atom stereocenters. The summed E-state index contributed by atoms with van der Waals surface area (Å²) in [4.78, 5) is 12.6. The average molecular weight is 409 g/mol. The van der Waals surface area contributed by atoms with E-state index in [2.05, 4.69) is 10.0 Å². The van der Waals surface area contributed by atoms with E-state index in [1.54, 1.807) is 31.2 Å². The standard InChI is InChI=1S/C23H24N2O3S/c1-17-8-9-18(2)22(16-17)29(27,28)25-15-14-24-23(26)21-12-10-20(11-13-21)19-6-4-3-5-7-19/h3-13,16,25H,14-15H2,1-2H3,(H,24,26). The Morgan fingerprint density at radius 2 is 1.48 bits per heavy atom. The van der Waals surface area contributed by atoms with Gasteiger partial charge in [0.2, 0.25) is 10.0 Å². The second kappa shape index (κ2) is 9.03. The second-order valence-electron chi connectivity index (χ2n) is 6.87. The van der Waals surface area contributed by atoms with Crippen molar-refractivity contribution in [2.24, 2.45) is 0 Å². The summed E-state index contributed by atoms with van der Waals surface area (Å²) in [6.45, 7) is 3.92. The first-order chi connectivity index (χ1) is 13.9. The van der Waals surface area contributed by atoms with E-state index in [9.17, 15) is 13.2 Å². The minimum atomic E-state index is -3.61. The maximum atomic E-state index is 12.5. The van der Waals surface area contributed by atoms with Crippen molar-refractivity contribution in [3.63, 3.8) is 0 Å². The quantitative estimate of drug-likeness (QED) is 0.586. The molecule has 0 spiro atoms. The molecular weight excluding hydrogens is 384 g/mol. The van der Waals surface area contributed by atoms with Crippen LogP contribution in [0.5, 0.6) is 0 Å². The highest BCUT2D eigenvalue weighted by Crippen LogP contribution is 2.19. The van der Waals surface area contributed by atoms with Crippen LogP contribution in [0, 0.1) is 13.8 Å². The van der Waals surface area contributed by atoms with Crippen LogP contribution in [0.25, 0.3) is 11.1 Å². The average Bonchev–Trinajstić information content (AvgIpc) is 2.73. The third-order valence-corrected chi connectivity index (χ3v) is 6.19. The van der Waals surface area contributed by atoms with E-state index < -0.39 is 10.0 Å². The molecule has 29 heavy (non-hydrogen) atoms. The summed E-state index contributed by atoms with van der Waals surface area (Å²) in [6.07, 6.45) is 0. The number of amides is 1. The molecule has 2 N–H and O–H groups in total. The molecule has 0 bridgehead atoms. The molecule has 6 heteroatoms. The van der Waals surface area contributed by atoms with Gasteiger partial charge in [0.25, 0.3) is 5.91 Å². The highest BCUT2D eigenvalue weighted by molar-refractivity contribution is 7.89. The molecule has 0 unspecified atom stereocenters. The molecule has 3 aromatic carbocycles. The fourth-order valence-electron chi connectivity index (χ4n) is 2.98. The molecule has 0 aliphatic carbocycles. The number of nitrogens with one attached hydrogen (secondary N) is 2. The Hall–Kier alpha value is -2.96. The first-order valence-corrected chi connectivity index (χ1v) is 10.9. The summed E-state index contributed by atoms with van der Waals surface area (Å²) < 4.78 is 27.5. The zero-order valence-electron chi connectivity index (χ0n) is 16.5. The monoisotopic (exact) mass is 408 g/mol. The summed E-state index contributed by atoms with van der Waals surface area (Å²) in [5.74, 6) is -0.240. The lowest BCUT2D eigenvalue weighted by Crippen LogP contribution is -2.35. The van der Waals surface area contributed by atoms with Gasteiger partial charge in [-0.05, 0) is 54.3 Å². The Bertz CT molecular complexity index is 1090. The van der Waals surface area contributed by atoms with E-state index in [1.165, 1.54) is 0 Å². The van der Waals surface area contributed by atoms with Crippen molar-refractivity contribution in [1.29, 1.82) is 0 Å². The van der Waals surface area contributed by atoms with E-state index in [4.69, 9.17) is 0 Å². The fraction of sp³-hybridized carbons (Fsp3) is 0.174. The van der Waals surface area contributed by atoms with E-state index in [-0.39, 0.29) is 23.9 Å². The molecule has 150 valence electrons. The molecule has 0 heterocycles. The van der Waals surface area contributed by atoms with Crippen LogP contribution in [0.2, 0.25) is 0 Å². The topological polar surface area (TPSA) is 75.3 Å². The predicted octanol–water partition coefficient (Wildman–Crippen LogP) is 3.68. The molecule has 0 radical (unpaired) electrons. The van der Waals surface area contributed by atoms with E-state index >= 15 is 0 Å². The molecule has 1 amide bonds. The van der Waals surface area contributed by atoms with Crippen molar-refractivity contribution < 1.29 is 13.2 Å². The molecule has 3 rings (SSSR count). The Balaban J connectivity index is 1.54. The van der Waals surface area contributed by atoms with Crippen LogP contribution < -0.4 is 10.0 Å². The smallest absolute Gasteiger partial charge is 0.251 e. The summed E-state index contributed by atoms with van der Waals surface area (Å²) in [6, 6.07) is 22.5. The van der Waals surface area contributed by atoms with Gasteiger partial charge >= 0.3 is 0 Å². The summed E-state index contributed by atoms with van der Waals surface area (Å²) in [5, 5.41) is 2.74. The Labute approximate surface area is 171 Å². The Morgan fingerprint density at radius 1 is 0.828 bits per heavy atom. The number of aryl methyl sites for hydroxylation is 2. The zero-order chi connectivity index (χ0) is 20.9. The van der Waals surface area contributed by atoms with Gasteiger partial charge in [-0.1, -0.05) is 54.6 Å². The minimum Gasteiger partial charge on any atom is -0.351 e. The van der Waals surface area contributed by atoms with Gasteiger partial charge < -0.3 is 5.32 Å². The number of benzene rings is 3. The fourth-order valence-corrected chi connectivity index (χ4v) is 4.34. The predicted molar refractivity (Wildman–Crippen MR) is 115 cm³/mol. The molecule has 5 nitrogen and oxygen atoms in total. The van der Waals surface area contributed by atoms with Gasteiger partial charge in [-0.15, -0.1) is 0 Å². The van der Waals surface area contributed by atoms with Crippen LogP contribution in [-0.4, -0.2) is 27.4 Å². The third kappa shape index (κ3) is 5.31. The van der Waals surface area contributed by atoms with Crippen LogP contribution in [-0.2, 0) is 10.0 Å². The number of rotatable bonds is 7. The van der Waals surface area contributed by atoms with Gasteiger partial charge in [0.1, 0.15) is 0 Å². The number of carbonyl (C=O) groups excluding carboxylic acids is 1. The normalized spacial score (nSPS) is 11.2. The molecule has 0 aromatic heterocycles. The summed E-state index contributed by atoms with van der Waals surface area (Å²) in [7, 11) is -3.61. The minimum absolute atomic E-state index is 0.115. The number of hydrogen-bond acceptors (Lipinski definition) is 3. The van der Waals surface area contributed by atoms with Crippen LogP contribution in [0.4, 0.5) is 0 Å². The first kappa shape index (κ1) is 20.8. The molecule has 0 saturated carbocycles. The molecule has 0 saturated heterocycles. The summed E-state index contributed by atoms with van der Waals surface area (Å²) >= 11 is 0. The Kier molecular flexibility index (Phi) is 6.46. The van der Waals surface area contributed by atoms with Crippen LogP contribution in [0.3, 0.4) is 0 Å². The van der Waals surface area contributed by atoms with Gasteiger partial charge in [0.05, 0.1) is 4.90 Å². The molecule has 0 aliphatic heterocycles. The molecule has 3 aromatic rings. The van der Waals surface area contributed by atoms with Crippen LogP contribution in [0.1, 0.15) is 21.5 Å². The van der Waals surface area contributed by atoms with Crippen molar-refractivity contribution >= 4 is 15.9 Å². The lowest BCUT2D eigenvalue weighted by Gasteiger charge is -2.11. The highest BCUT2D eigenvalue weighted by Gasteiger charge is 2.16. The lowest BCUT2D eigenvalue weighted by molar-refractivity contribution is 0.0954. The second-order valence-corrected chi connectivity index (χ2v) is 8.60. The molecular formula is C23H24N2O3S. The van der Waals surface area contributed by atoms with Crippen molar-refractivity contribution in [3.8, 4) is 11.1 Å². The summed E-state index contributed by atoms with van der Waals surface area (Å²) in [5.41, 5.74) is 4.21. The number of carbonyl (C=O) groups is 1. The first-order valence-electron chi connectivity index (χ1n) is 9.37. The van der Waals surface area contributed by atoms with Gasteiger partial charge in [-0.25, -0.2) is 13.1 Å².